The topological polar surface area (TPSA) is 50.9 Å². The summed E-state index contributed by atoms with van der Waals surface area (Å²) in [4.78, 5) is 3.70. The van der Waals surface area contributed by atoms with Gasteiger partial charge in [-0.05, 0) is 23.8 Å². The summed E-state index contributed by atoms with van der Waals surface area (Å²) in [5, 5.41) is 0.210. The van der Waals surface area contributed by atoms with Gasteiger partial charge in [-0.15, -0.1) is 0 Å². The molecule has 1 atom stereocenters. The number of benzene rings is 1. The first-order valence-corrected chi connectivity index (χ1v) is 5.51. The van der Waals surface area contributed by atoms with E-state index < -0.39 is 17.7 Å². The molecule has 6 heteroatoms. The van der Waals surface area contributed by atoms with Gasteiger partial charge in [0.05, 0.1) is 12.2 Å². The standard InChI is InChI=1S/C12H10ClF2N3/c13-9-2-1-3-10(15)11(9)12(18-16)7-4-8(14)6-17-5-7/h1-6,12,18H,16H2. The highest BCUT2D eigenvalue weighted by molar-refractivity contribution is 6.31. The van der Waals surface area contributed by atoms with Crippen molar-refractivity contribution in [2.24, 2.45) is 5.84 Å². The quantitative estimate of drug-likeness (QED) is 0.665. The number of pyridine rings is 1. The Morgan fingerprint density at radius 2 is 2.06 bits per heavy atom. The maximum Gasteiger partial charge on any atom is 0.141 e. The van der Waals surface area contributed by atoms with Crippen molar-refractivity contribution in [1.29, 1.82) is 0 Å². The Balaban J connectivity index is 2.52. The fourth-order valence-corrected chi connectivity index (χ4v) is 1.99. The summed E-state index contributed by atoms with van der Waals surface area (Å²) in [5.74, 6) is 4.35. The Kier molecular flexibility index (Phi) is 3.86. The fourth-order valence-electron chi connectivity index (χ4n) is 1.72. The van der Waals surface area contributed by atoms with E-state index in [1.807, 2.05) is 0 Å². The highest BCUT2D eigenvalue weighted by Gasteiger charge is 2.20. The molecule has 0 saturated heterocycles. The van der Waals surface area contributed by atoms with Crippen LogP contribution in [-0.4, -0.2) is 4.98 Å². The first kappa shape index (κ1) is 12.9. The SMILES string of the molecule is NNC(c1cncc(F)c1)c1c(F)cccc1Cl. The first-order valence-electron chi connectivity index (χ1n) is 5.14. The number of halogens is 3. The van der Waals surface area contributed by atoms with Crippen molar-refractivity contribution < 1.29 is 8.78 Å². The lowest BCUT2D eigenvalue weighted by atomic mass is 10.00. The molecule has 0 aliphatic rings. The normalized spacial score (nSPS) is 12.4. The molecule has 1 aromatic carbocycles. The van der Waals surface area contributed by atoms with Crippen LogP contribution in [-0.2, 0) is 0 Å². The van der Waals surface area contributed by atoms with Gasteiger partial charge in [-0.1, -0.05) is 17.7 Å². The molecule has 2 rings (SSSR count). The van der Waals surface area contributed by atoms with Crippen LogP contribution in [0.3, 0.4) is 0 Å². The van der Waals surface area contributed by atoms with Crippen molar-refractivity contribution in [3.63, 3.8) is 0 Å². The van der Waals surface area contributed by atoms with Gasteiger partial charge in [-0.3, -0.25) is 10.8 Å². The van der Waals surface area contributed by atoms with Crippen molar-refractivity contribution in [1.82, 2.24) is 10.4 Å². The van der Waals surface area contributed by atoms with Gasteiger partial charge in [0.15, 0.2) is 0 Å². The summed E-state index contributed by atoms with van der Waals surface area (Å²) in [5.41, 5.74) is 2.97. The third-order valence-corrected chi connectivity index (χ3v) is 2.84. The minimum absolute atomic E-state index is 0.161. The van der Waals surface area contributed by atoms with Gasteiger partial charge in [-0.25, -0.2) is 14.2 Å². The second-order valence-corrected chi connectivity index (χ2v) is 4.08. The van der Waals surface area contributed by atoms with Crippen LogP contribution >= 0.6 is 11.6 Å². The van der Waals surface area contributed by atoms with E-state index in [1.54, 1.807) is 0 Å². The van der Waals surface area contributed by atoms with E-state index in [0.29, 0.717) is 5.56 Å². The third kappa shape index (κ3) is 2.48. The van der Waals surface area contributed by atoms with E-state index in [0.717, 1.165) is 6.20 Å². The molecule has 0 spiro atoms. The maximum atomic E-state index is 13.8. The van der Waals surface area contributed by atoms with Gasteiger partial charge in [0.25, 0.3) is 0 Å². The van der Waals surface area contributed by atoms with Crippen LogP contribution in [0.5, 0.6) is 0 Å². The Labute approximate surface area is 108 Å². The average molecular weight is 270 g/mol. The van der Waals surface area contributed by atoms with Gasteiger partial charge in [0.2, 0.25) is 0 Å². The van der Waals surface area contributed by atoms with Crippen LogP contribution in [0.1, 0.15) is 17.2 Å². The number of nitrogens with two attached hydrogens (primary N) is 1. The predicted octanol–water partition coefficient (Wildman–Crippen LogP) is 2.57. The highest BCUT2D eigenvalue weighted by Crippen LogP contribution is 2.29. The molecule has 94 valence electrons. The lowest BCUT2D eigenvalue weighted by Crippen LogP contribution is -2.30. The molecule has 0 aliphatic carbocycles. The summed E-state index contributed by atoms with van der Waals surface area (Å²) in [6.07, 6.45) is 2.45. The zero-order valence-electron chi connectivity index (χ0n) is 9.20. The molecule has 1 aromatic heterocycles. The number of aromatic nitrogens is 1. The van der Waals surface area contributed by atoms with Crippen LogP contribution in [0, 0.1) is 11.6 Å². The van der Waals surface area contributed by atoms with E-state index in [-0.39, 0.29) is 10.6 Å². The second kappa shape index (κ2) is 5.39. The number of hydrogen-bond acceptors (Lipinski definition) is 3. The van der Waals surface area contributed by atoms with E-state index >= 15 is 0 Å². The molecule has 0 fully saturated rings. The Morgan fingerprint density at radius 3 is 2.67 bits per heavy atom. The van der Waals surface area contributed by atoms with Crippen molar-refractivity contribution in [2.75, 3.05) is 0 Å². The molecule has 0 aliphatic heterocycles. The van der Waals surface area contributed by atoms with E-state index in [2.05, 4.69) is 10.4 Å². The van der Waals surface area contributed by atoms with Gasteiger partial charge in [0, 0.05) is 16.8 Å². The molecule has 3 nitrogen and oxygen atoms in total. The van der Waals surface area contributed by atoms with E-state index in [1.165, 1.54) is 30.5 Å². The zero-order chi connectivity index (χ0) is 13.1. The lowest BCUT2D eigenvalue weighted by Gasteiger charge is -2.18. The number of hydrazine groups is 1. The zero-order valence-corrected chi connectivity index (χ0v) is 9.96. The minimum Gasteiger partial charge on any atom is -0.271 e. The second-order valence-electron chi connectivity index (χ2n) is 3.67. The Bertz CT molecular complexity index is 543. The van der Waals surface area contributed by atoms with Crippen molar-refractivity contribution >= 4 is 11.6 Å². The van der Waals surface area contributed by atoms with Gasteiger partial charge in [0.1, 0.15) is 11.6 Å². The molecule has 3 N–H and O–H groups in total. The molecular formula is C12H10ClF2N3. The van der Waals surface area contributed by atoms with E-state index in [4.69, 9.17) is 17.4 Å². The van der Waals surface area contributed by atoms with Crippen molar-refractivity contribution in [3.8, 4) is 0 Å². The summed E-state index contributed by atoms with van der Waals surface area (Å²) < 4.78 is 26.9. The molecule has 0 saturated carbocycles. The van der Waals surface area contributed by atoms with Crippen LogP contribution in [0.15, 0.2) is 36.7 Å². The first-order chi connectivity index (χ1) is 8.63. The summed E-state index contributed by atoms with van der Waals surface area (Å²) >= 11 is 5.94. The predicted molar refractivity (Wildman–Crippen MR) is 64.8 cm³/mol. The molecule has 0 radical (unpaired) electrons. The van der Waals surface area contributed by atoms with Gasteiger partial charge in [-0.2, -0.15) is 0 Å². The number of nitrogens with zero attached hydrogens (tertiary/aromatic N) is 1. The molecule has 1 heterocycles. The number of rotatable bonds is 3. The Morgan fingerprint density at radius 1 is 1.28 bits per heavy atom. The summed E-state index contributed by atoms with van der Waals surface area (Å²) in [6.45, 7) is 0. The van der Waals surface area contributed by atoms with Crippen LogP contribution in [0.4, 0.5) is 8.78 Å². The van der Waals surface area contributed by atoms with Crippen molar-refractivity contribution in [3.05, 3.63) is 64.4 Å². The lowest BCUT2D eigenvalue weighted by molar-refractivity contribution is 0.553. The minimum atomic E-state index is -0.762. The third-order valence-electron chi connectivity index (χ3n) is 2.51. The molecule has 0 amide bonds. The number of nitrogens with one attached hydrogen (secondary N) is 1. The summed E-state index contributed by atoms with van der Waals surface area (Å²) in [6, 6.07) is 4.75. The molecule has 18 heavy (non-hydrogen) atoms. The monoisotopic (exact) mass is 269 g/mol. The molecule has 1 unspecified atom stereocenters. The summed E-state index contributed by atoms with van der Waals surface area (Å²) in [7, 11) is 0. The van der Waals surface area contributed by atoms with Gasteiger partial charge < -0.3 is 0 Å². The highest BCUT2D eigenvalue weighted by atomic mass is 35.5. The van der Waals surface area contributed by atoms with E-state index in [9.17, 15) is 8.78 Å². The van der Waals surface area contributed by atoms with Crippen molar-refractivity contribution in [2.45, 2.75) is 6.04 Å². The molecule has 2 aromatic rings. The fraction of sp³-hybridized carbons (Fsp3) is 0.0833. The largest absolute Gasteiger partial charge is 0.271 e. The van der Waals surface area contributed by atoms with Crippen LogP contribution in [0.25, 0.3) is 0 Å². The number of hydrogen-bond donors (Lipinski definition) is 2. The van der Waals surface area contributed by atoms with Crippen LogP contribution < -0.4 is 11.3 Å². The van der Waals surface area contributed by atoms with Gasteiger partial charge >= 0.3 is 0 Å². The smallest absolute Gasteiger partial charge is 0.141 e. The molecule has 0 bridgehead atoms. The Hall–Kier alpha value is -1.56. The van der Waals surface area contributed by atoms with Crippen LogP contribution in [0.2, 0.25) is 5.02 Å². The molecular weight excluding hydrogens is 260 g/mol. The average Bonchev–Trinajstić information content (AvgIpc) is 2.34. The maximum absolute atomic E-state index is 13.8.